The van der Waals surface area contributed by atoms with Gasteiger partial charge in [-0.25, -0.2) is 18.1 Å². The molecule has 21 heavy (non-hydrogen) atoms. The van der Waals surface area contributed by atoms with Gasteiger partial charge < -0.3 is 5.11 Å². The SMILES string of the molecule is Cc1csc(CNS(=O)(=O)c2ccc(CCCO)cc2)n1. The highest BCUT2D eigenvalue weighted by Crippen LogP contribution is 2.14. The summed E-state index contributed by atoms with van der Waals surface area (Å²) in [6.45, 7) is 2.21. The lowest BCUT2D eigenvalue weighted by Gasteiger charge is -2.06. The number of rotatable bonds is 7. The lowest BCUT2D eigenvalue weighted by atomic mass is 10.1. The minimum Gasteiger partial charge on any atom is -0.396 e. The molecule has 0 aliphatic carbocycles. The van der Waals surface area contributed by atoms with Crippen molar-refractivity contribution in [3.05, 3.63) is 45.9 Å². The van der Waals surface area contributed by atoms with Gasteiger partial charge in [-0.3, -0.25) is 0 Å². The molecule has 0 saturated heterocycles. The molecule has 2 N–H and O–H groups in total. The molecule has 0 saturated carbocycles. The lowest BCUT2D eigenvalue weighted by Crippen LogP contribution is -2.23. The molecule has 0 fully saturated rings. The minimum absolute atomic E-state index is 0.134. The van der Waals surface area contributed by atoms with E-state index >= 15 is 0 Å². The lowest BCUT2D eigenvalue weighted by molar-refractivity contribution is 0.288. The maximum atomic E-state index is 12.2. The number of hydrogen-bond donors (Lipinski definition) is 2. The molecule has 1 aromatic heterocycles. The number of benzene rings is 1. The van der Waals surface area contributed by atoms with Gasteiger partial charge in [0.25, 0.3) is 0 Å². The number of thiazole rings is 1. The number of sulfonamides is 1. The van der Waals surface area contributed by atoms with Crippen LogP contribution in [0.4, 0.5) is 0 Å². The van der Waals surface area contributed by atoms with E-state index in [1.807, 2.05) is 12.3 Å². The van der Waals surface area contributed by atoms with E-state index in [0.29, 0.717) is 6.42 Å². The number of aliphatic hydroxyl groups excluding tert-OH is 1. The van der Waals surface area contributed by atoms with Crippen molar-refractivity contribution in [3.8, 4) is 0 Å². The van der Waals surface area contributed by atoms with Crippen molar-refractivity contribution in [3.63, 3.8) is 0 Å². The van der Waals surface area contributed by atoms with Crippen LogP contribution >= 0.6 is 11.3 Å². The minimum atomic E-state index is -3.52. The fourth-order valence-corrected chi connectivity index (χ4v) is 3.63. The van der Waals surface area contributed by atoms with E-state index in [0.717, 1.165) is 22.7 Å². The largest absolute Gasteiger partial charge is 0.396 e. The first-order chi connectivity index (χ1) is 10.0. The fraction of sp³-hybridized carbons (Fsp3) is 0.357. The number of nitrogens with zero attached hydrogens (tertiary/aromatic N) is 1. The van der Waals surface area contributed by atoms with E-state index in [4.69, 9.17) is 5.11 Å². The van der Waals surface area contributed by atoms with Crippen molar-refractivity contribution in [2.45, 2.75) is 31.2 Å². The van der Waals surface area contributed by atoms with Crippen LogP contribution in [0.2, 0.25) is 0 Å². The van der Waals surface area contributed by atoms with Gasteiger partial charge in [0.05, 0.1) is 11.4 Å². The van der Waals surface area contributed by atoms with Crippen molar-refractivity contribution in [1.82, 2.24) is 9.71 Å². The molecule has 5 nitrogen and oxygen atoms in total. The fourth-order valence-electron chi connectivity index (χ4n) is 1.84. The zero-order valence-corrected chi connectivity index (χ0v) is 13.4. The summed E-state index contributed by atoms with van der Waals surface area (Å²) in [5, 5.41) is 11.4. The summed E-state index contributed by atoms with van der Waals surface area (Å²) in [7, 11) is -3.52. The Morgan fingerprint density at radius 1 is 1.29 bits per heavy atom. The predicted molar refractivity (Wildman–Crippen MR) is 82.7 cm³/mol. The van der Waals surface area contributed by atoms with Gasteiger partial charge in [-0.15, -0.1) is 11.3 Å². The normalized spacial score (nSPS) is 11.7. The highest BCUT2D eigenvalue weighted by molar-refractivity contribution is 7.89. The van der Waals surface area contributed by atoms with Crippen LogP contribution in [0, 0.1) is 6.92 Å². The molecule has 0 spiro atoms. The van der Waals surface area contributed by atoms with Gasteiger partial charge in [-0.1, -0.05) is 12.1 Å². The van der Waals surface area contributed by atoms with E-state index in [1.165, 1.54) is 11.3 Å². The van der Waals surface area contributed by atoms with E-state index in [-0.39, 0.29) is 18.0 Å². The van der Waals surface area contributed by atoms with Crippen LogP contribution in [0.25, 0.3) is 0 Å². The summed E-state index contributed by atoms with van der Waals surface area (Å²) in [5.74, 6) is 0. The molecule has 0 radical (unpaired) electrons. The van der Waals surface area contributed by atoms with Gasteiger partial charge >= 0.3 is 0 Å². The van der Waals surface area contributed by atoms with E-state index in [1.54, 1.807) is 24.3 Å². The van der Waals surface area contributed by atoms with Gasteiger partial charge in [0, 0.05) is 17.7 Å². The Bertz CT molecular complexity index is 678. The van der Waals surface area contributed by atoms with Gasteiger partial charge in [-0.2, -0.15) is 0 Å². The molecule has 7 heteroatoms. The smallest absolute Gasteiger partial charge is 0.240 e. The third-order valence-corrected chi connectivity index (χ3v) is 5.32. The molecule has 2 rings (SSSR count). The molecule has 0 amide bonds. The second kappa shape index (κ2) is 7.13. The maximum absolute atomic E-state index is 12.2. The van der Waals surface area contributed by atoms with E-state index in [2.05, 4.69) is 9.71 Å². The Labute approximate surface area is 128 Å². The Morgan fingerprint density at radius 3 is 2.57 bits per heavy atom. The monoisotopic (exact) mass is 326 g/mol. The Morgan fingerprint density at radius 2 is 2.00 bits per heavy atom. The summed E-state index contributed by atoms with van der Waals surface area (Å²) < 4.78 is 26.9. The van der Waals surface area contributed by atoms with Crippen molar-refractivity contribution in [1.29, 1.82) is 0 Å². The average Bonchev–Trinajstić information content (AvgIpc) is 2.89. The first-order valence-electron chi connectivity index (χ1n) is 6.62. The highest BCUT2D eigenvalue weighted by Gasteiger charge is 2.14. The first-order valence-corrected chi connectivity index (χ1v) is 8.98. The summed E-state index contributed by atoms with van der Waals surface area (Å²) in [5.41, 5.74) is 1.90. The molecule has 0 aliphatic rings. The molecule has 2 aromatic rings. The number of aryl methyl sites for hydroxylation is 2. The number of nitrogens with one attached hydrogen (secondary N) is 1. The van der Waals surface area contributed by atoms with Crippen LogP contribution in [0.3, 0.4) is 0 Å². The van der Waals surface area contributed by atoms with E-state index < -0.39 is 10.0 Å². The molecular weight excluding hydrogens is 308 g/mol. The van der Waals surface area contributed by atoms with Gasteiger partial charge in [-0.05, 0) is 37.5 Å². The van der Waals surface area contributed by atoms with E-state index in [9.17, 15) is 8.42 Å². The summed E-state index contributed by atoms with van der Waals surface area (Å²) in [6.07, 6.45) is 1.41. The second-order valence-electron chi connectivity index (χ2n) is 4.68. The number of aliphatic hydroxyl groups is 1. The third kappa shape index (κ3) is 4.60. The standard InChI is InChI=1S/C14H18N2O3S2/c1-11-10-20-14(16-11)9-15-21(18,19)13-6-4-12(5-7-13)3-2-8-17/h4-7,10,15,17H,2-3,8-9H2,1H3. The van der Waals surface area contributed by atoms with Gasteiger partial charge in [0.1, 0.15) is 5.01 Å². The van der Waals surface area contributed by atoms with Crippen LogP contribution in [-0.4, -0.2) is 25.1 Å². The molecule has 1 aromatic carbocycles. The molecule has 0 bridgehead atoms. The van der Waals surface area contributed by atoms with Crippen LogP contribution in [-0.2, 0) is 23.0 Å². The summed E-state index contributed by atoms with van der Waals surface area (Å²) in [6, 6.07) is 6.72. The van der Waals surface area contributed by atoms with Crippen LogP contribution < -0.4 is 4.72 Å². The van der Waals surface area contributed by atoms with Crippen molar-refractivity contribution >= 4 is 21.4 Å². The topological polar surface area (TPSA) is 79.3 Å². The Kier molecular flexibility index (Phi) is 5.46. The zero-order valence-electron chi connectivity index (χ0n) is 11.7. The maximum Gasteiger partial charge on any atom is 0.240 e. The zero-order chi connectivity index (χ0) is 15.3. The number of aromatic nitrogens is 1. The quantitative estimate of drug-likeness (QED) is 0.814. The Hall–Kier alpha value is -1.28. The third-order valence-electron chi connectivity index (χ3n) is 2.94. The van der Waals surface area contributed by atoms with Crippen molar-refractivity contribution in [2.24, 2.45) is 0 Å². The van der Waals surface area contributed by atoms with Gasteiger partial charge in [0.2, 0.25) is 10.0 Å². The molecule has 0 unspecified atom stereocenters. The Balaban J connectivity index is 2.01. The first kappa shape index (κ1) is 16.1. The molecule has 0 atom stereocenters. The molecular formula is C14H18N2O3S2. The molecule has 1 heterocycles. The summed E-state index contributed by atoms with van der Waals surface area (Å²) in [4.78, 5) is 4.46. The van der Waals surface area contributed by atoms with Crippen LogP contribution in [0.5, 0.6) is 0 Å². The average molecular weight is 326 g/mol. The van der Waals surface area contributed by atoms with Crippen molar-refractivity contribution in [2.75, 3.05) is 6.61 Å². The summed E-state index contributed by atoms with van der Waals surface area (Å²) >= 11 is 1.44. The highest BCUT2D eigenvalue weighted by atomic mass is 32.2. The molecule has 114 valence electrons. The van der Waals surface area contributed by atoms with Crippen LogP contribution in [0.15, 0.2) is 34.5 Å². The predicted octanol–water partition coefficient (Wildman–Crippen LogP) is 1.85. The second-order valence-corrected chi connectivity index (χ2v) is 7.39. The van der Waals surface area contributed by atoms with Gasteiger partial charge in [0.15, 0.2) is 0 Å². The number of hydrogen-bond acceptors (Lipinski definition) is 5. The van der Waals surface area contributed by atoms with Crippen LogP contribution in [0.1, 0.15) is 22.7 Å². The van der Waals surface area contributed by atoms with Crippen molar-refractivity contribution < 1.29 is 13.5 Å². The molecule has 0 aliphatic heterocycles.